The summed E-state index contributed by atoms with van der Waals surface area (Å²) >= 11 is 12.4. The fourth-order valence-corrected chi connectivity index (χ4v) is 2.95. The third-order valence-electron chi connectivity index (χ3n) is 3.94. The van der Waals surface area contributed by atoms with Crippen molar-refractivity contribution in [2.24, 2.45) is 10.4 Å². The molecular weight excluding hydrogens is 493 g/mol. The third kappa shape index (κ3) is 6.50. The number of anilines is 1. The third-order valence-corrected chi connectivity index (χ3v) is 4.50. The van der Waals surface area contributed by atoms with Gasteiger partial charge >= 0.3 is 6.09 Å². The quantitative estimate of drug-likeness (QED) is 0.305. The van der Waals surface area contributed by atoms with Gasteiger partial charge in [0.1, 0.15) is 6.07 Å². The van der Waals surface area contributed by atoms with Gasteiger partial charge in [-0.15, -0.1) is 20.2 Å². The lowest BCUT2D eigenvalue weighted by Crippen LogP contribution is -2.36. The monoisotopic (exact) mass is 509 g/mol. The number of carbonyl (C=O) groups excluding carboxylic acids is 2. The summed E-state index contributed by atoms with van der Waals surface area (Å²) in [6, 6.07) is 5.20. The van der Waals surface area contributed by atoms with E-state index in [0.717, 1.165) is 0 Å². The number of aromatic nitrogens is 2. The van der Waals surface area contributed by atoms with Gasteiger partial charge in [-0.1, -0.05) is 37.0 Å². The largest absolute Gasteiger partial charge is 0.450 e. The summed E-state index contributed by atoms with van der Waals surface area (Å²) < 4.78 is 10.1. The molecule has 34 heavy (non-hydrogen) atoms. The second-order valence-electron chi connectivity index (χ2n) is 6.59. The van der Waals surface area contributed by atoms with Gasteiger partial charge in [-0.3, -0.25) is 14.9 Å². The Labute approximate surface area is 202 Å². The van der Waals surface area contributed by atoms with Crippen molar-refractivity contribution < 1.29 is 19.1 Å². The van der Waals surface area contributed by atoms with Crippen LogP contribution in [0.5, 0.6) is 11.6 Å². The molecule has 2 aromatic rings. The molecule has 0 radical (unpaired) electrons. The summed E-state index contributed by atoms with van der Waals surface area (Å²) in [4.78, 5) is 46.5. The molecule has 0 saturated carbocycles. The average molecular weight is 510 g/mol. The van der Waals surface area contributed by atoms with E-state index in [0.29, 0.717) is 10.7 Å². The molecule has 2 N–H and O–H groups in total. The molecule has 15 heteroatoms. The highest BCUT2D eigenvalue weighted by atomic mass is 35.5. The lowest BCUT2D eigenvalue weighted by Gasteiger charge is -2.14. The summed E-state index contributed by atoms with van der Waals surface area (Å²) in [6.45, 7) is 5.12. The second kappa shape index (κ2) is 11.7. The van der Waals surface area contributed by atoms with Crippen LogP contribution < -0.4 is 20.7 Å². The number of carbonyl (C=O) groups is 2. The van der Waals surface area contributed by atoms with E-state index < -0.39 is 17.7 Å². The average Bonchev–Trinajstić information content (AvgIpc) is 2.77. The first-order chi connectivity index (χ1) is 16.1. The van der Waals surface area contributed by atoms with E-state index in [9.17, 15) is 19.3 Å². The van der Waals surface area contributed by atoms with Crippen LogP contribution in [0.4, 0.5) is 10.5 Å². The van der Waals surface area contributed by atoms with Crippen LogP contribution in [0.3, 0.4) is 0 Å². The summed E-state index contributed by atoms with van der Waals surface area (Å²) in [5.41, 5.74) is -0.962. The predicted molar refractivity (Wildman–Crippen MR) is 122 cm³/mol. The second-order valence-corrected chi connectivity index (χ2v) is 7.41. The van der Waals surface area contributed by atoms with Crippen LogP contribution in [0.1, 0.15) is 32.3 Å². The number of ether oxygens (including phenoxy) is 2. The Morgan fingerprint density at radius 1 is 1.29 bits per heavy atom. The molecule has 2 rings (SSSR count). The SMILES string of the molecule is CCOC(=O)NC(=O)/C(C#N)=N/N(N=O)c1cc(Cl)c(Oc2cc(C(C)C)c(=O)[nH]n2)c(Cl)c1. The van der Waals surface area contributed by atoms with Gasteiger partial charge in [-0.05, 0) is 25.0 Å². The fraction of sp³-hybridized carbons (Fsp3) is 0.263. The summed E-state index contributed by atoms with van der Waals surface area (Å²) in [5, 5.41) is 23.3. The molecule has 1 aromatic heterocycles. The van der Waals surface area contributed by atoms with E-state index in [2.05, 4.69) is 25.3 Å². The predicted octanol–water partition coefficient (Wildman–Crippen LogP) is 3.63. The number of hydrazone groups is 1. The Morgan fingerprint density at radius 2 is 1.94 bits per heavy atom. The molecule has 0 unspecified atom stereocenters. The molecular formula is C19H17Cl2N7O6. The molecule has 0 aliphatic rings. The van der Waals surface area contributed by atoms with E-state index >= 15 is 0 Å². The highest BCUT2D eigenvalue weighted by Crippen LogP contribution is 2.39. The number of aromatic amines is 1. The van der Waals surface area contributed by atoms with Crippen molar-refractivity contribution >= 4 is 46.6 Å². The zero-order chi connectivity index (χ0) is 25.4. The van der Waals surface area contributed by atoms with Crippen molar-refractivity contribution in [3.05, 3.63) is 49.1 Å². The summed E-state index contributed by atoms with van der Waals surface area (Å²) in [5.74, 6) is -1.39. The van der Waals surface area contributed by atoms with Gasteiger partial charge in [0, 0.05) is 11.6 Å². The Kier molecular flexibility index (Phi) is 9.05. The van der Waals surface area contributed by atoms with Gasteiger partial charge in [0.15, 0.2) is 5.75 Å². The first-order valence-electron chi connectivity index (χ1n) is 9.47. The van der Waals surface area contributed by atoms with E-state index in [4.69, 9.17) is 33.2 Å². The van der Waals surface area contributed by atoms with Gasteiger partial charge in [0.25, 0.3) is 11.5 Å². The lowest BCUT2D eigenvalue weighted by atomic mass is 10.1. The maximum atomic E-state index is 12.0. The Bertz CT molecular complexity index is 1220. The number of nitrogens with zero attached hydrogens (tertiary/aromatic N) is 5. The van der Waals surface area contributed by atoms with Gasteiger partial charge in [-0.2, -0.15) is 5.26 Å². The number of halogens is 2. The molecule has 0 saturated heterocycles. The Hall–Kier alpha value is -4.02. The Morgan fingerprint density at radius 3 is 2.47 bits per heavy atom. The summed E-state index contributed by atoms with van der Waals surface area (Å²) in [7, 11) is 0. The normalized spacial score (nSPS) is 10.9. The van der Waals surface area contributed by atoms with E-state index in [1.54, 1.807) is 5.32 Å². The number of nitriles is 1. The minimum Gasteiger partial charge on any atom is -0.450 e. The van der Waals surface area contributed by atoms with E-state index in [-0.39, 0.29) is 45.4 Å². The Balaban J connectivity index is 2.35. The molecule has 1 heterocycles. The van der Waals surface area contributed by atoms with Crippen LogP contribution in [0, 0.1) is 16.2 Å². The first-order valence-corrected chi connectivity index (χ1v) is 10.2. The molecule has 0 atom stereocenters. The fourth-order valence-electron chi connectivity index (χ4n) is 2.40. The van der Waals surface area contributed by atoms with Gasteiger partial charge < -0.3 is 9.47 Å². The zero-order valence-electron chi connectivity index (χ0n) is 18.0. The van der Waals surface area contributed by atoms with Crippen molar-refractivity contribution in [2.45, 2.75) is 26.7 Å². The van der Waals surface area contributed by atoms with Crippen LogP contribution in [0.25, 0.3) is 0 Å². The summed E-state index contributed by atoms with van der Waals surface area (Å²) in [6.07, 6.45) is -1.11. The molecule has 0 aliphatic heterocycles. The number of H-pyrrole nitrogens is 1. The minimum atomic E-state index is -1.23. The number of benzene rings is 1. The van der Waals surface area contributed by atoms with Gasteiger partial charge in [0.05, 0.1) is 27.6 Å². The van der Waals surface area contributed by atoms with E-state index in [1.807, 2.05) is 13.8 Å². The molecule has 0 spiro atoms. The number of hydrogen-bond acceptors (Lipinski definition) is 10. The maximum Gasteiger partial charge on any atom is 0.414 e. The van der Waals surface area contributed by atoms with Crippen molar-refractivity contribution in [1.82, 2.24) is 15.5 Å². The van der Waals surface area contributed by atoms with Crippen LogP contribution in [-0.2, 0) is 9.53 Å². The van der Waals surface area contributed by atoms with Crippen molar-refractivity contribution in [1.29, 1.82) is 5.26 Å². The number of amides is 2. The standard InChI is InChI=1S/C19H17Cl2N7O6/c1-4-33-19(31)23-18(30)14(8-22)26-28(27-32)10-5-12(20)16(13(21)6-10)34-15-7-11(9(2)3)17(29)25-24-15/h5-7,9H,4H2,1-3H3,(H,25,29)(H,23,30,31)/b26-14+. The van der Waals surface area contributed by atoms with Crippen LogP contribution >= 0.6 is 23.2 Å². The first kappa shape index (κ1) is 26.2. The molecule has 0 bridgehead atoms. The van der Waals surface area contributed by atoms with E-state index in [1.165, 1.54) is 31.2 Å². The van der Waals surface area contributed by atoms with Gasteiger partial charge in [-0.25, -0.2) is 9.89 Å². The smallest absolute Gasteiger partial charge is 0.414 e. The number of rotatable bonds is 8. The molecule has 0 fully saturated rings. The van der Waals surface area contributed by atoms with Crippen molar-refractivity contribution in [2.75, 3.05) is 11.7 Å². The number of nitroso groups, excluding NO2 is 1. The van der Waals surface area contributed by atoms with Crippen molar-refractivity contribution in [3.8, 4) is 17.7 Å². The number of hydrogen-bond donors (Lipinski definition) is 2. The topological polar surface area (TPSA) is 179 Å². The molecule has 13 nitrogen and oxygen atoms in total. The molecule has 1 aromatic carbocycles. The molecule has 178 valence electrons. The van der Waals surface area contributed by atoms with Crippen LogP contribution in [0.2, 0.25) is 10.0 Å². The van der Waals surface area contributed by atoms with Crippen LogP contribution in [-0.4, -0.2) is 34.5 Å². The number of imide groups is 1. The highest BCUT2D eigenvalue weighted by Gasteiger charge is 2.21. The molecule has 2 amide bonds. The number of nitrogens with one attached hydrogen (secondary N) is 2. The van der Waals surface area contributed by atoms with Crippen molar-refractivity contribution in [3.63, 3.8) is 0 Å². The van der Waals surface area contributed by atoms with Gasteiger partial charge in [0.2, 0.25) is 11.6 Å². The van der Waals surface area contributed by atoms with Crippen LogP contribution in [0.15, 0.2) is 33.4 Å². The zero-order valence-corrected chi connectivity index (χ0v) is 19.5. The lowest BCUT2D eigenvalue weighted by molar-refractivity contribution is -0.114. The highest BCUT2D eigenvalue weighted by molar-refractivity contribution is 6.47. The minimum absolute atomic E-state index is 0.00522. The number of alkyl carbamates (subject to hydrolysis) is 1. The molecule has 0 aliphatic carbocycles. The maximum absolute atomic E-state index is 12.0.